The predicted molar refractivity (Wildman–Crippen MR) is 68.4 cm³/mol. The Labute approximate surface area is 101 Å². The van der Waals surface area contributed by atoms with E-state index in [4.69, 9.17) is 0 Å². The molecule has 4 heteroatoms. The molecule has 2 fully saturated rings. The number of nitrogens with one attached hydrogen (secondary N) is 2. The monoisotopic (exact) mass is 240 g/mol. The average Bonchev–Trinajstić information content (AvgIpc) is 2.72. The quantitative estimate of drug-likeness (QED) is 0.717. The van der Waals surface area contributed by atoms with Gasteiger partial charge in [0.2, 0.25) is 0 Å². The molecule has 2 aliphatic heterocycles. The van der Waals surface area contributed by atoms with Crippen molar-refractivity contribution in [3.63, 3.8) is 0 Å². The molecule has 0 amide bonds. The Morgan fingerprint density at radius 3 is 3.06 bits per heavy atom. The number of unbranched alkanes of at least 4 members (excludes halogenated alkanes) is 1. The van der Waals surface area contributed by atoms with Gasteiger partial charge in [-0.3, -0.25) is 0 Å². The fourth-order valence-corrected chi connectivity index (χ4v) is 4.01. The molecule has 90 valence electrons. The number of fused-ring (bicyclic) bond motifs is 1. The molecular weight excluding hydrogens is 220 g/mol. The Bertz CT molecular complexity index is 293. The molecule has 0 aliphatic carbocycles. The van der Waals surface area contributed by atoms with E-state index in [2.05, 4.69) is 17.2 Å². The van der Waals surface area contributed by atoms with Crippen molar-refractivity contribution in [2.75, 3.05) is 5.75 Å². The number of Topliss-reactive ketones (excluding diaryl/α,β-unsaturated/α-hetero) is 1. The molecule has 3 nitrogen and oxygen atoms in total. The zero-order valence-corrected chi connectivity index (χ0v) is 10.6. The number of hydrogen-bond donors (Lipinski definition) is 2. The molecule has 2 N–H and O–H groups in total. The van der Waals surface area contributed by atoms with Gasteiger partial charge in [0.15, 0.2) is 0 Å². The topological polar surface area (TPSA) is 41.1 Å². The van der Waals surface area contributed by atoms with E-state index in [0.717, 1.165) is 25.1 Å². The first kappa shape index (κ1) is 11.8. The van der Waals surface area contributed by atoms with Gasteiger partial charge >= 0.3 is 0 Å². The first-order valence-corrected chi connectivity index (χ1v) is 7.04. The molecule has 2 heterocycles. The Morgan fingerprint density at radius 1 is 1.50 bits per heavy atom. The number of rotatable bonds is 5. The van der Waals surface area contributed by atoms with Crippen molar-refractivity contribution in [1.82, 2.24) is 10.6 Å². The van der Waals surface area contributed by atoms with Crippen LogP contribution in [0.15, 0.2) is 12.4 Å². The third kappa shape index (κ3) is 2.73. The third-order valence-corrected chi connectivity index (χ3v) is 4.80. The molecule has 0 bridgehead atoms. The Kier molecular flexibility index (Phi) is 3.79. The molecule has 0 aromatic rings. The van der Waals surface area contributed by atoms with Crippen LogP contribution < -0.4 is 10.6 Å². The Balaban J connectivity index is 1.70. The van der Waals surface area contributed by atoms with Gasteiger partial charge in [0.1, 0.15) is 5.78 Å². The number of ketones is 1. The molecule has 16 heavy (non-hydrogen) atoms. The van der Waals surface area contributed by atoms with E-state index in [0.29, 0.717) is 23.1 Å². The molecule has 0 spiro atoms. The van der Waals surface area contributed by atoms with Crippen molar-refractivity contribution in [3.8, 4) is 0 Å². The largest absolute Gasteiger partial charge is 0.367 e. The van der Waals surface area contributed by atoms with Crippen LogP contribution in [0, 0.1) is 0 Å². The SMILES string of the molecule is C=C1NC2C(CCCCC(C)=O)SC[C@@H]2N1. The summed E-state index contributed by atoms with van der Waals surface area (Å²) < 4.78 is 0. The summed E-state index contributed by atoms with van der Waals surface area (Å²) in [4.78, 5) is 10.8. The highest BCUT2D eigenvalue weighted by Crippen LogP contribution is 2.34. The van der Waals surface area contributed by atoms with Crippen LogP contribution in [0.25, 0.3) is 0 Å². The highest BCUT2D eigenvalue weighted by Gasteiger charge is 2.40. The minimum Gasteiger partial charge on any atom is -0.367 e. The van der Waals surface area contributed by atoms with Gasteiger partial charge in [-0.15, -0.1) is 0 Å². The van der Waals surface area contributed by atoms with Crippen molar-refractivity contribution in [3.05, 3.63) is 12.4 Å². The lowest BCUT2D eigenvalue weighted by atomic mass is 10.0. The second-order valence-corrected chi connectivity index (χ2v) is 5.99. The van der Waals surface area contributed by atoms with Gasteiger partial charge in [0, 0.05) is 17.4 Å². The summed E-state index contributed by atoms with van der Waals surface area (Å²) in [6.45, 7) is 5.59. The minimum atomic E-state index is 0.311. The van der Waals surface area contributed by atoms with Crippen LogP contribution in [0.3, 0.4) is 0 Å². The van der Waals surface area contributed by atoms with Crippen molar-refractivity contribution in [2.45, 2.75) is 49.9 Å². The Morgan fingerprint density at radius 2 is 2.31 bits per heavy atom. The van der Waals surface area contributed by atoms with E-state index >= 15 is 0 Å². The first-order chi connectivity index (χ1) is 7.66. The highest BCUT2D eigenvalue weighted by molar-refractivity contribution is 8.00. The molecule has 3 atom stereocenters. The second-order valence-electron chi connectivity index (χ2n) is 4.72. The van der Waals surface area contributed by atoms with Crippen LogP contribution >= 0.6 is 11.8 Å². The zero-order valence-electron chi connectivity index (χ0n) is 9.79. The molecule has 2 aliphatic rings. The van der Waals surface area contributed by atoms with Crippen molar-refractivity contribution in [1.29, 1.82) is 0 Å². The smallest absolute Gasteiger partial charge is 0.129 e. The lowest BCUT2D eigenvalue weighted by Crippen LogP contribution is -2.36. The molecule has 0 saturated carbocycles. The Hall–Kier alpha value is -0.640. The summed E-state index contributed by atoms with van der Waals surface area (Å²) in [5, 5.41) is 7.48. The summed E-state index contributed by atoms with van der Waals surface area (Å²) in [5.74, 6) is 2.46. The zero-order chi connectivity index (χ0) is 11.5. The fraction of sp³-hybridized carbons (Fsp3) is 0.750. The van der Waals surface area contributed by atoms with E-state index in [9.17, 15) is 4.79 Å². The summed E-state index contributed by atoms with van der Waals surface area (Å²) in [6, 6.07) is 1.12. The molecule has 2 unspecified atom stereocenters. The number of carbonyl (C=O) groups excluding carboxylic acids is 1. The van der Waals surface area contributed by atoms with Crippen molar-refractivity contribution < 1.29 is 4.79 Å². The summed E-state index contributed by atoms with van der Waals surface area (Å²) in [6.07, 6.45) is 4.15. The van der Waals surface area contributed by atoms with Crippen LogP contribution in [0.2, 0.25) is 0 Å². The maximum atomic E-state index is 10.8. The highest BCUT2D eigenvalue weighted by atomic mass is 32.2. The van der Waals surface area contributed by atoms with E-state index in [1.807, 2.05) is 11.8 Å². The molecule has 0 aromatic heterocycles. The van der Waals surface area contributed by atoms with Crippen LogP contribution in [0.5, 0.6) is 0 Å². The van der Waals surface area contributed by atoms with Gasteiger partial charge in [-0.25, -0.2) is 0 Å². The van der Waals surface area contributed by atoms with Crippen LogP contribution in [-0.2, 0) is 4.79 Å². The number of thioether (sulfide) groups is 1. The standard InChI is InChI=1S/C12H20N2OS/c1-8(15)5-3-4-6-11-12-10(7-16-11)13-9(2)14-12/h10-14H,2-7H2,1H3/t10-,11?,12?/m0/s1. The average molecular weight is 240 g/mol. The first-order valence-electron chi connectivity index (χ1n) is 6.00. The number of hydrogen-bond acceptors (Lipinski definition) is 4. The van der Waals surface area contributed by atoms with Crippen LogP contribution in [-0.4, -0.2) is 28.9 Å². The third-order valence-electron chi connectivity index (χ3n) is 3.29. The molecule has 0 radical (unpaired) electrons. The lowest BCUT2D eigenvalue weighted by Gasteiger charge is -2.17. The van der Waals surface area contributed by atoms with Crippen molar-refractivity contribution in [2.24, 2.45) is 0 Å². The maximum Gasteiger partial charge on any atom is 0.129 e. The normalized spacial score (nSPS) is 32.1. The van der Waals surface area contributed by atoms with Crippen molar-refractivity contribution >= 4 is 17.5 Å². The van der Waals surface area contributed by atoms with E-state index < -0.39 is 0 Å². The predicted octanol–water partition coefficient (Wildman–Crippen LogP) is 1.65. The molecule has 0 aromatic carbocycles. The van der Waals surface area contributed by atoms with Gasteiger partial charge in [-0.1, -0.05) is 13.0 Å². The minimum absolute atomic E-state index is 0.311. The summed E-state index contributed by atoms with van der Waals surface area (Å²) in [5.41, 5.74) is 0. The molecular formula is C12H20N2OS. The maximum absolute atomic E-state index is 10.8. The van der Waals surface area contributed by atoms with Crippen LogP contribution in [0.4, 0.5) is 0 Å². The van der Waals surface area contributed by atoms with Gasteiger partial charge in [0.05, 0.1) is 17.9 Å². The lowest BCUT2D eigenvalue weighted by molar-refractivity contribution is -0.117. The van der Waals surface area contributed by atoms with Gasteiger partial charge in [-0.05, 0) is 19.8 Å². The van der Waals surface area contributed by atoms with E-state index in [1.165, 1.54) is 12.2 Å². The van der Waals surface area contributed by atoms with Gasteiger partial charge in [0.25, 0.3) is 0 Å². The van der Waals surface area contributed by atoms with E-state index in [1.54, 1.807) is 6.92 Å². The second kappa shape index (κ2) is 5.13. The molecule has 2 saturated heterocycles. The fourth-order valence-electron chi connectivity index (χ4n) is 2.47. The number of carbonyl (C=O) groups is 1. The van der Waals surface area contributed by atoms with Gasteiger partial charge in [-0.2, -0.15) is 11.8 Å². The summed E-state index contributed by atoms with van der Waals surface area (Å²) >= 11 is 2.04. The molecule has 2 rings (SSSR count). The van der Waals surface area contributed by atoms with E-state index in [-0.39, 0.29) is 0 Å². The summed E-state index contributed by atoms with van der Waals surface area (Å²) in [7, 11) is 0. The van der Waals surface area contributed by atoms with Gasteiger partial charge < -0.3 is 15.4 Å². The van der Waals surface area contributed by atoms with Crippen LogP contribution in [0.1, 0.15) is 32.6 Å².